The van der Waals surface area contributed by atoms with Gasteiger partial charge >= 0.3 is 5.97 Å². The van der Waals surface area contributed by atoms with Crippen LogP contribution in [0.5, 0.6) is 0 Å². The molecule has 0 aromatic heterocycles. The summed E-state index contributed by atoms with van der Waals surface area (Å²) in [4.78, 5) is 25.1. The second kappa shape index (κ2) is 7.74. The van der Waals surface area contributed by atoms with Crippen LogP contribution in [0.1, 0.15) is 34.8 Å². The van der Waals surface area contributed by atoms with E-state index in [1.54, 1.807) is 13.0 Å². The molecule has 0 radical (unpaired) electrons. The Hall–Kier alpha value is -2.27. The molecule has 1 aliphatic rings. The van der Waals surface area contributed by atoms with Crippen LogP contribution in [0.3, 0.4) is 0 Å². The number of hydrogen-bond donors (Lipinski definition) is 1. The highest BCUT2D eigenvalue weighted by molar-refractivity contribution is 8.00. The molecule has 0 fully saturated rings. The van der Waals surface area contributed by atoms with E-state index >= 15 is 0 Å². The third-order valence-electron chi connectivity index (χ3n) is 4.32. The highest BCUT2D eigenvalue weighted by Crippen LogP contribution is 2.29. The molecule has 1 unspecified atom stereocenters. The molecule has 25 heavy (non-hydrogen) atoms. The molecule has 4 nitrogen and oxygen atoms in total. The lowest BCUT2D eigenvalue weighted by Gasteiger charge is -2.13. The van der Waals surface area contributed by atoms with Gasteiger partial charge in [0.1, 0.15) is 5.25 Å². The number of thioether (sulfide) groups is 1. The Balaban J connectivity index is 1.77. The lowest BCUT2D eigenvalue weighted by atomic mass is 10.1. The number of nitrogens with one attached hydrogen (secondary N) is 1. The second-order valence-electron chi connectivity index (χ2n) is 6.07. The number of aryl methyl sites for hydroxylation is 2. The average Bonchev–Trinajstić information content (AvgIpc) is 3.09. The topological polar surface area (TPSA) is 55.4 Å². The second-order valence-corrected chi connectivity index (χ2v) is 7.45. The monoisotopic (exact) mass is 355 g/mol. The minimum absolute atomic E-state index is 0.168. The molecule has 1 aliphatic carbocycles. The number of anilines is 1. The van der Waals surface area contributed by atoms with Gasteiger partial charge in [-0.1, -0.05) is 18.2 Å². The number of carbonyl (C=O) groups excluding carboxylic acids is 2. The summed E-state index contributed by atoms with van der Waals surface area (Å²) in [5, 5.41) is 2.60. The summed E-state index contributed by atoms with van der Waals surface area (Å²) in [7, 11) is 1.37. The van der Waals surface area contributed by atoms with Crippen LogP contribution in [0, 0.1) is 0 Å². The predicted molar refractivity (Wildman–Crippen MR) is 100 cm³/mol. The molecule has 0 bridgehead atoms. The van der Waals surface area contributed by atoms with Crippen molar-refractivity contribution in [2.45, 2.75) is 36.3 Å². The first-order valence-electron chi connectivity index (χ1n) is 8.35. The van der Waals surface area contributed by atoms with Gasteiger partial charge < -0.3 is 10.1 Å². The van der Waals surface area contributed by atoms with Crippen molar-refractivity contribution < 1.29 is 14.3 Å². The minimum Gasteiger partial charge on any atom is -0.468 e. The number of benzene rings is 2. The van der Waals surface area contributed by atoms with E-state index in [0.717, 1.165) is 23.4 Å². The standard InChI is InChI=1S/C20H21NO3S/c1-13(20(23)24-2)25-18-9-4-3-8-17(18)19(22)21-16-11-10-14-6-5-7-15(14)12-16/h3-4,8-13H,5-7H2,1-2H3,(H,21,22). The molecular weight excluding hydrogens is 334 g/mol. The van der Waals surface area contributed by atoms with E-state index in [2.05, 4.69) is 17.4 Å². The van der Waals surface area contributed by atoms with Gasteiger partial charge in [-0.05, 0) is 61.6 Å². The van der Waals surface area contributed by atoms with Crippen molar-refractivity contribution >= 4 is 29.3 Å². The SMILES string of the molecule is COC(=O)C(C)Sc1ccccc1C(=O)Nc1ccc2c(c1)CCC2. The van der Waals surface area contributed by atoms with Crippen LogP contribution in [0.25, 0.3) is 0 Å². The van der Waals surface area contributed by atoms with E-state index < -0.39 is 0 Å². The third kappa shape index (κ3) is 4.04. The predicted octanol–water partition coefficient (Wildman–Crippen LogP) is 4.08. The number of ether oxygens (including phenoxy) is 1. The van der Waals surface area contributed by atoms with Crippen LogP contribution >= 0.6 is 11.8 Å². The highest BCUT2D eigenvalue weighted by Gasteiger charge is 2.19. The van der Waals surface area contributed by atoms with Crippen molar-refractivity contribution in [2.75, 3.05) is 12.4 Å². The lowest BCUT2D eigenvalue weighted by Crippen LogP contribution is -2.17. The minimum atomic E-state index is -0.376. The molecule has 0 spiro atoms. The molecule has 5 heteroatoms. The van der Waals surface area contributed by atoms with Crippen molar-refractivity contribution in [1.82, 2.24) is 0 Å². The fourth-order valence-electron chi connectivity index (χ4n) is 3.01. The Kier molecular flexibility index (Phi) is 5.43. The number of hydrogen-bond acceptors (Lipinski definition) is 4. The number of fused-ring (bicyclic) bond motifs is 1. The van der Waals surface area contributed by atoms with Crippen LogP contribution in [-0.4, -0.2) is 24.2 Å². The first-order valence-corrected chi connectivity index (χ1v) is 9.23. The fraction of sp³-hybridized carbons (Fsp3) is 0.300. The van der Waals surface area contributed by atoms with Crippen LogP contribution in [0.4, 0.5) is 5.69 Å². The first-order chi connectivity index (χ1) is 12.1. The number of methoxy groups -OCH3 is 1. The van der Waals surface area contributed by atoms with Gasteiger partial charge in [0.25, 0.3) is 5.91 Å². The summed E-state index contributed by atoms with van der Waals surface area (Å²) in [5.74, 6) is -0.475. The van der Waals surface area contributed by atoms with Crippen molar-refractivity contribution in [2.24, 2.45) is 0 Å². The Morgan fingerprint density at radius 1 is 1.12 bits per heavy atom. The van der Waals surface area contributed by atoms with E-state index in [1.807, 2.05) is 24.3 Å². The van der Waals surface area contributed by atoms with Crippen molar-refractivity contribution in [3.05, 3.63) is 59.2 Å². The smallest absolute Gasteiger partial charge is 0.318 e. The van der Waals surface area contributed by atoms with Crippen LogP contribution in [0.15, 0.2) is 47.4 Å². The van der Waals surface area contributed by atoms with E-state index in [1.165, 1.54) is 36.4 Å². The number of esters is 1. The zero-order valence-corrected chi connectivity index (χ0v) is 15.2. The van der Waals surface area contributed by atoms with Crippen molar-refractivity contribution in [3.63, 3.8) is 0 Å². The third-order valence-corrected chi connectivity index (χ3v) is 5.48. The normalized spacial score (nSPS) is 13.8. The van der Waals surface area contributed by atoms with Crippen LogP contribution in [0.2, 0.25) is 0 Å². The molecule has 1 atom stereocenters. The molecule has 1 amide bonds. The maximum Gasteiger partial charge on any atom is 0.318 e. The summed E-state index contributed by atoms with van der Waals surface area (Å²) in [6, 6.07) is 13.4. The average molecular weight is 355 g/mol. The first kappa shape index (κ1) is 17.5. The molecule has 0 saturated heterocycles. The highest BCUT2D eigenvalue weighted by atomic mass is 32.2. The summed E-state index contributed by atoms with van der Waals surface area (Å²) < 4.78 is 4.76. The largest absolute Gasteiger partial charge is 0.468 e. The summed E-state index contributed by atoms with van der Waals surface area (Å²) in [6.07, 6.45) is 3.37. The van der Waals surface area contributed by atoms with Crippen molar-refractivity contribution in [1.29, 1.82) is 0 Å². The molecule has 130 valence electrons. The quantitative estimate of drug-likeness (QED) is 0.648. The summed E-state index contributed by atoms with van der Waals surface area (Å²) in [6.45, 7) is 1.77. The molecule has 0 aliphatic heterocycles. The lowest BCUT2D eigenvalue weighted by molar-refractivity contribution is -0.139. The number of carbonyl (C=O) groups is 2. The summed E-state index contributed by atoms with van der Waals surface area (Å²) in [5.41, 5.74) is 4.07. The van der Waals surface area contributed by atoms with E-state index in [0.29, 0.717) is 5.56 Å². The molecule has 2 aromatic rings. The van der Waals surface area contributed by atoms with Crippen molar-refractivity contribution in [3.8, 4) is 0 Å². The van der Waals surface area contributed by atoms with Gasteiger partial charge in [-0.3, -0.25) is 9.59 Å². The van der Waals surface area contributed by atoms with E-state index in [-0.39, 0.29) is 17.1 Å². The van der Waals surface area contributed by atoms with Gasteiger partial charge in [-0.15, -0.1) is 11.8 Å². The molecule has 3 rings (SSSR count). The van der Waals surface area contributed by atoms with E-state index in [4.69, 9.17) is 4.74 Å². The Morgan fingerprint density at radius 2 is 1.88 bits per heavy atom. The zero-order valence-electron chi connectivity index (χ0n) is 14.4. The van der Waals surface area contributed by atoms with Gasteiger partial charge in [0, 0.05) is 10.6 Å². The Labute approximate surface area is 152 Å². The molecular formula is C20H21NO3S. The molecule has 1 N–H and O–H groups in total. The van der Waals surface area contributed by atoms with Crippen LogP contribution < -0.4 is 5.32 Å². The molecule has 2 aromatic carbocycles. The van der Waals surface area contributed by atoms with Crippen LogP contribution in [-0.2, 0) is 22.4 Å². The van der Waals surface area contributed by atoms with Gasteiger partial charge in [0.2, 0.25) is 0 Å². The van der Waals surface area contributed by atoms with E-state index in [9.17, 15) is 9.59 Å². The zero-order chi connectivity index (χ0) is 17.8. The number of amides is 1. The van der Waals surface area contributed by atoms with Gasteiger partial charge in [-0.2, -0.15) is 0 Å². The summed E-state index contributed by atoms with van der Waals surface area (Å²) >= 11 is 1.33. The van der Waals surface area contributed by atoms with Gasteiger partial charge in [-0.25, -0.2) is 0 Å². The van der Waals surface area contributed by atoms with Gasteiger partial charge in [0.15, 0.2) is 0 Å². The fourth-order valence-corrected chi connectivity index (χ4v) is 4.03. The van der Waals surface area contributed by atoms with Gasteiger partial charge in [0.05, 0.1) is 12.7 Å². The maximum atomic E-state index is 12.7. The number of rotatable bonds is 5. The Morgan fingerprint density at radius 3 is 2.68 bits per heavy atom. The maximum absolute atomic E-state index is 12.7. The Bertz CT molecular complexity index is 803. The molecule has 0 saturated carbocycles. The molecule has 0 heterocycles.